The Balaban J connectivity index is 2.15. The Morgan fingerprint density at radius 2 is 2.05 bits per heavy atom. The first-order chi connectivity index (χ1) is 9.36. The molecule has 1 aromatic carbocycles. The number of nitrogen functional groups attached to an aromatic ring is 1. The summed E-state index contributed by atoms with van der Waals surface area (Å²) in [6.07, 6.45) is 3.13. The van der Waals surface area contributed by atoms with E-state index in [2.05, 4.69) is 29.8 Å². The summed E-state index contributed by atoms with van der Waals surface area (Å²) in [4.78, 5) is 14.3. The second-order valence-electron chi connectivity index (χ2n) is 5.81. The van der Waals surface area contributed by atoms with E-state index in [-0.39, 0.29) is 11.6 Å². The molecule has 0 unspecified atom stereocenters. The normalized spacial score (nSPS) is 18.1. The molecular formula is C15H20BrFN2O. The summed E-state index contributed by atoms with van der Waals surface area (Å²) >= 11 is 3.24. The van der Waals surface area contributed by atoms with Crippen LogP contribution in [0.5, 0.6) is 0 Å². The number of likely N-dealkylation sites (tertiary alicyclic amines) is 1. The smallest absolute Gasteiger partial charge is 0.255 e. The highest BCUT2D eigenvalue weighted by Gasteiger charge is 2.31. The van der Waals surface area contributed by atoms with Gasteiger partial charge in [-0.1, -0.05) is 20.3 Å². The fourth-order valence-corrected chi connectivity index (χ4v) is 2.99. The molecule has 1 amide bonds. The highest BCUT2D eigenvalue weighted by molar-refractivity contribution is 9.10. The molecule has 1 fully saturated rings. The van der Waals surface area contributed by atoms with E-state index in [1.807, 2.05) is 4.90 Å². The maximum absolute atomic E-state index is 13.3. The van der Waals surface area contributed by atoms with Gasteiger partial charge < -0.3 is 10.6 Å². The van der Waals surface area contributed by atoms with E-state index in [4.69, 9.17) is 5.73 Å². The molecule has 0 aromatic heterocycles. The van der Waals surface area contributed by atoms with Crippen LogP contribution >= 0.6 is 15.9 Å². The van der Waals surface area contributed by atoms with Crippen LogP contribution in [-0.4, -0.2) is 23.9 Å². The minimum Gasteiger partial charge on any atom is -0.396 e. The molecule has 1 aliphatic heterocycles. The summed E-state index contributed by atoms with van der Waals surface area (Å²) in [5, 5.41) is 0. The number of rotatable bonds is 2. The van der Waals surface area contributed by atoms with E-state index in [0.29, 0.717) is 15.5 Å². The van der Waals surface area contributed by atoms with Gasteiger partial charge >= 0.3 is 0 Å². The van der Waals surface area contributed by atoms with Gasteiger partial charge in [0.05, 0.1) is 11.3 Å². The highest BCUT2D eigenvalue weighted by Crippen LogP contribution is 2.35. The lowest BCUT2D eigenvalue weighted by Gasteiger charge is -2.39. The minimum atomic E-state index is -0.509. The molecule has 110 valence electrons. The number of anilines is 1. The first-order valence-corrected chi connectivity index (χ1v) is 7.69. The van der Waals surface area contributed by atoms with Gasteiger partial charge in [-0.25, -0.2) is 4.39 Å². The summed E-state index contributed by atoms with van der Waals surface area (Å²) < 4.78 is 13.8. The standard InChI is InChI=1S/C15H20BrFN2O/c1-3-15(2)4-6-19(7-5-15)14(20)10-8-13(18)12(17)9-11(10)16/h8-9H,3-7,18H2,1-2H3. The SMILES string of the molecule is CCC1(C)CCN(C(=O)c2cc(N)c(F)cc2Br)CC1. The molecule has 1 saturated heterocycles. The number of carbonyl (C=O) groups is 1. The molecule has 3 nitrogen and oxygen atoms in total. The molecule has 0 spiro atoms. The van der Waals surface area contributed by atoms with E-state index in [9.17, 15) is 9.18 Å². The minimum absolute atomic E-state index is 0.00644. The van der Waals surface area contributed by atoms with Gasteiger partial charge in [0.2, 0.25) is 0 Å². The summed E-state index contributed by atoms with van der Waals surface area (Å²) in [6.45, 7) is 5.94. The Morgan fingerprint density at radius 1 is 1.45 bits per heavy atom. The Hall–Kier alpha value is -1.10. The molecule has 20 heavy (non-hydrogen) atoms. The number of hydrogen-bond donors (Lipinski definition) is 1. The van der Waals surface area contributed by atoms with Gasteiger partial charge in [-0.3, -0.25) is 4.79 Å². The fourth-order valence-electron chi connectivity index (χ4n) is 2.50. The Kier molecular flexibility index (Phi) is 4.37. The van der Waals surface area contributed by atoms with Crippen LogP contribution in [0, 0.1) is 11.2 Å². The number of amides is 1. The van der Waals surface area contributed by atoms with Crippen LogP contribution in [0.25, 0.3) is 0 Å². The van der Waals surface area contributed by atoms with Crippen LogP contribution < -0.4 is 5.73 Å². The van der Waals surface area contributed by atoms with Crippen LogP contribution in [0.4, 0.5) is 10.1 Å². The quantitative estimate of drug-likeness (QED) is 0.830. The predicted molar refractivity (Wildman–Crippen MR) is 82.0 cm³/mol. The molecule has 5 heteroatoms. The second-order valence-corrected chi connectivity index (χ2v) is 6.66. The lowest BCUT2D eigenvalue weighted by Crippen LogP contribution is -2.42. The van der Waals surface area contributed by atoms with Crippen LogP contribution in [0.15, 0.2) is 16.6 Å². The monoisotopic (exact) mass is 342 g/mol. The average Bonchev–Trinajstić information content (AvgIpc) is 2.43. The molecule has 1 aromatic rings. The van der Waals surface area contributed by atoms with Gasteiger partial charge in [0.25, 0.3) is 5.91 Å². The largest absolute Gasteiger partial charge is 0.396 e. The molecule has 1 heterocycles. The van der Waals surface area contributed by atoms with Crippen molar-refractivity contribution in [1.82, 2.24) is 4.90 Å². The maximum Gasteiger partial charge on any atom is 0.255 e. The summed E-state index contributed by atoms with van der Waals surface area (Å²) in [5.41, 5.74) is 6.32. The van der Waals surface area contributed by atoms with E-state index >= 15 is 0 Å². The topological polar surface area (TPSA) is 46.3 Å². The van der Waals surface area contributed by atoms with E-state index in [1.54, 1.807) is 0 Å². The zero-order valence-corrected chi connectivity index (χ0v) is 13.5. The van der Waals surface area contributed by atoms with Crippen molar-refractivity contribution in [3.63, 3.8) is 0 Å². The molecule has 0 bridgehead atoms. The van der Waals surface area contributed by atoms with Gasteiger partial charge in [-0.15, -0.1) is 0 Å². The van der Waals surface area contributed by atoms with Crippen LogP contribution in [-0.2, 0) is 0 Å². The lowest BCUT2D eigenvalue weighted by atomic mass is 9.78. The van der Waals surface area contributed by atoms with Crippen molar-refractivity contribution < 1.29 is 9.18 Å². The van der Waals surface area contributed by atoms with Crippen LogP contribution in [0.3, 0.4) is 0 Å². The Bertz CT molecular complexity index is 525. The van der Waals surface area contributed by atoms with Crippen molar-refractivity contribution in [3.8, 4) is 0 Å². The molecule has 0 aliphatic carbocycles. The molecule has 0 saturated carbocycles. The summed E-state index contributed by atoms with van der Waals surface area (Å²) in [6, 6.07) is 2.66. The molecule has 1 aliphatic rings. The third-order valence-electron chi connectivity index (χ3n) is 4.43. The summed E-state index contributed by atoms with van der Waals surface area (Å²) in [5.74, 6) is -0.590. The summed E-state index contributed by atoms with van der Waals surface area (Å²) in [7, 11) is 0. The number of carbonyl (C=O) groups excluding carboxylic acids is 1. The average molecular weight is 343 g/mol. The number of piperidine rings is 1. The lowest BCUT2D eigenvalue weighted by molar-refractivity contribution is 0.0599. The first kappa shape index (κ1) is 15.3. The maximum atomic E-state index is 13.3. The zero-order chi connectivity index (χ0) is 14.9. The number of hydrogen-bond acceptors (Lipinski definition) is 2. The second kappa shape index (κ2) is 5.72. The van der Waals surface area contributed by atoms with Gasteiger partial charge in [0.1, 0.15) is 5.82 Å². The third kappa shape index (κ3) is 2.97. The predicted octanol–water partition coefficient (Wildman–Crippen LogP) is 3.82. The van der Waals surface area contributed by atoms with Gasteiger partial charge in [-0.05, 0) is 46.3 Å². The number of nitrogens with zero attached hydrogens (tertiary/aromatic N) is 1. The number of nitrogens with two attached hydrogens (primary N) is 1. The van der Waals surface area contributed by atoms with Gasteiger partial charge in [0.15, 0.2) is 0 Å². The Labute approximate surface area is 127 Å². The van der Waals surface area contributed by atoms with Crippen LogP contribution in [0.1, 0.15) is 43.5 Å². The van der Waals surface area contributed by atoms with Crippen molar-refractivity contribution in [3.05, 3.63) is 28.0 Å². The third-order valence-corrected chi connectivity index (χ3v) is 5.08. The fraction of sp³-hybridized carbons (Fsp3) is 0.533. The zero-order valence-electron chi connectivity index (χ0n) is 11.9. The van der Waals surface area contributed by atoms with Gasteiger partial charge in [0, 0.05) is 17.6 Å². The number of halogens is 2. The van der Waals surface area contributed by atoms with Gasteiger partial charge in [-0.2, -0.15) is 0 Å². The molecule has 0 atom stereocenters. The number of benzene rings is 1. The molecular weight excluding hydrogens is 323 g/mol. The van der Waals surface area contributed by atoms with Crippen molar-refractivity contribution in [2.24, 2.45) is 5.41 Å². The van der Waals surface area contributed by atoms with E-state index in [1.165, 1.54) is 12.1 Å². The first-order valence-electron chi connectivity index (χ1n) is 6.90. The molecule has 2 rings (SSSR count). The molecule has 2 N–H and O–H groups in total. The van der Waals surface area contributed by atoms with Crippen molar-refractivity contribution in [2.75, 3.05) is 18.8 Å². The Morgan fingerprint density at radius 3 is 2.60 bits per heavy atom. The van der Waals surface area contributed by atoms with Crippen LogP contribution in [0.2, 0.25) is 0 Å². The van der Waals surface area contributed by atoms with Crippen molar-refractivity contribution in [1.29, 1.82) is 0 Å². The van der Waals surface area contributed by atoms with E-state index < -0.39 is 5.82 Å². The van der Waals surface area contributed by atoms with Crippen molar-refractivity contribution >= 4 is 27.5 Å². The van der Waals surface area contributed by atoms with E-state index in [0.717, 1.165) is 32.4 Å². The highest BCUT2D eigenvalue weighted by atomic mass is 79.9. The van der Waals surface area contributed by atoms with Crippen molar-refractivity contribution in [2.45, 2.75) is 33.1 Å². The molecule has 0 radical (unpaired) electrons.